The van der Waals surface area contributed by atoms with E-state index >= 15 is 0 Å². The lowest BCUT2D eigenvalue weighted by molar-refractivity contribution is 0.268. The zero-order chi connectivity index (χ0) is 15.1. The van der Waals surface area contributed by atoms with Crippen molar-refractivity contribution in [3.63, 3.8) is 0 Å². The van der Waals surface area contributed by atoms with Gasteiger partial charge < -0.3 is 14.2 Å². The molecule has 112 valence electrons. The molecule has 0 atom stereocenters. The van der Waals surface area contributed by atoms with Gasteiger partial charge in [0.25, 0.3) is 0 Å². The van der Waals surface area contributed by atoms with Crippen LogP contribution in [0.5, 0.6) is 17.2 Å². The van der Waals surface area contributed by atoms with E-state index in [1.54, 1.807) is 7.11 Å². The average Bonchev–Trinajstić information content (AvgIpc) is 2.54. The van der Waals surface area contributed by atoms with Crippen LogP contribution in [0.25, 0.3) is 0 Å². The Morgan fingerprint density at radius 2 is 1.81 bits per heavy atom. The summed E-state index contributed by atoms with van der Waals surface area (Å²) in [5, 5.41) is 0.795. The van der Waals surface area contributed by atoms with Crippen molar-refractivity contribution in [2.75, 3.05) is 13.7 Å². The quantitative estimate of drug-likeness (QED) is 0.684. The highest BCUT2D eigenvalue weighted by Crippen LogP contribution is 2.30. The minimum atomic E-state index is 0.477. The molecule has 0 saturated carbocycles. The molecule has 4 heteroatoms. The van der Waals surface area contributed by atoms with Crippen LogP contribution in [-0.2, 0) is 11.9 Å². The van der Waals surface area contributed by atoms with E-state index < -0.39 is 0 Å². The lowest BCUT2D eigenvalue weighted by Gasteiger charge is -2.13. The van der Waals surface area contributed by atoms with Gasteiger partial charge in [0.2, 0.25) is 0 Å². The molecule has 0 aliphatic heterocycles. The molecule has 0 unspecified atom stereocenters. The number of halogens is 1. The van der Waals surface area contributed by atoms with Crippen molar-refractivity contribution in [2.24, 2.45) is 0 Å². The smallest absolute Gasteiger partial charge is 0.161 e. The van der Waals surface area contributed by atoms with Gasteiger partial charge in [-0.15, -0.1) is 0 Å². The average molecular weight is 351 g/mol. The van der Waals surface area contributed by atoms with Crippen molar-refractivity contribution >= 4 is 15.9 Å². The fourth-order valence-electron chi connectivity index (χ4n) is 1.95. The molecule has 2 rings (SSSR count). The van der Waals surface area contributed by atoms with Gasteiger partial charge in [0.1, 0.15) is 12.4 Å². The summed E-state index contributed by atoms with van der Waals surface area (Å²) in [5.74, 6) is 2.36. The SMILES string of the molecule is CCOc1cc(CBr)ccc1OCc1cccc(OC)c1. The maximum Gasteiger partial charge on any atom is 0.161 e. The summed E-state index contributed by atoms with van der Waals surface area (Å²) in [5.41, 5.74) is 2.22. The monoisotopic (exact) mass is 350 g/mol. The first-order valence-electron chi connectivity index (χ1n) is 6.84. The summed E-state index contributed by atoms with van der Waals surface area (Å²) in [4.78, 5) is 0. The van der Waals surface area contributed by atoms with Crippen molar-refractivity contribution in [3.05, 3.63) is 53.6 Å². The highest BCUT2D eigenvalue weighted by Gasteiger charge is 2.07. The fourth-order valence-corrected chi connectivity index (χ4v) is 2.30. The number of hydrogen-bond acceptors (Lipinski definition) is 3. The molecule has 2 aromatic rings. The van der Waals surface area contributed by atoms with Gasteiger partial charge in [-0.25, -0.2) is 0 Å². The van der Waals surface area contributed by atoms with Gasteiger partial charge in [-0.2, -0.15) is 0 Å². The van der Waals surface area contributed by atoms with E-state index in [-0.39, 0.29) is 0 Å². The maximum absolute atomic E-state index is 5.88. The third-order valence-corrected chi connectivity index (χ3v) is 3.64. The predicted molar refractivity (Wildman–Crippen MR) is 87.6 cm³/mol. The van der Waals surface area contributed by atoms with Gasteiger partial charge >= 0.3 is 0 Å². The fraction of sp³-hybridized carbons (Fsp3) is 0.294. The molecule has 0 bridgehead atoms. The molecule has 2 aromatic carbocycles. The third-order valence-electron chi connectivity index (χ3n) is 2.99. The standard InChI is InChI=1S/C17H19BrO3/c1-3-20-17-10-13(11-18)7-8-16(17)21-12-14-5-4-6-15(9-14)19-2/h4-10H,3,11-12H2,1-2H3. The number of rotatable bonds is 7. The molecule has 0 saturated heterocycles. The second-order valence-electron chi connectivity index (χ2n) is 4.49. The van der Waals surface area contributed by atoms with E-state index in [1.807, 2.05) is 49.4 Å². The summed E-state index contributed by atoms with van der Waals surface area (Å²) >= 11 is 3.45. The Morgan fingerprint density at radius 1 is 0.952 bits per heavy atom. The van der Waals surface area contributed by atoms with Crippen molar-refractivity contribution in [3.8, 4) is 17.2 Å². The largest absolute Gasteiger partial charge is 0.497 e. The minimum Gasteiger partial charge on any atom is -0.497 e. The van der Waals surface area contributed by atoms with Gasteiger partial charge in [0.05, 0.1) is 13.7 Å². The first-order valence-corrected chi connectivity index (χ1v) is 7.96. The van der Waals surface area contributed by atoms with E-state index in [0.29, 0.717) is 13.2 Å². The molecule has 0 fully saturated rings. The topological polar surface area (TPSA) is 27.7 Å². The van der Waals surface area contributed by atoms with Crippen LogP contribution in [0.4, 0.5) is 0 Å². The molecule has 3 nitrogen and oxygen atoms in total. The predicted octanol–water partition coefficient (Wildman–Crippen LogP) is 4.57. The Bertz CT molecular complexity index is 584. The van der Waals surface area contributed by atoms with Gasteiger partial charge in [-0.05, 0) is 42.3 Å². The minimum absolute atomic E-state index is 0.477. The zero-order valence-corrected chi connectivity index (χ0v) is 13.9. The summed E-state index contributed by atoms with van der Waals surface area (Å²) in [7, 11) is 1.66. The number of benzene rings is 2. The molecule has 0 radical (unpaired) electrons. The third kappa shape index (κ3) is 4.39. The molecule has 0 aliphatic carbocycles. The molecule has 0 amide bonds. The van der Waals surface area contributed by atoms with E-state index in [9.17, 15) is 0 Å². The van der Waals surface area contributed by atoms with E-state index in [1.165, 1.54) is 0 Å². The molecule has 21 heavy (non-hydrogen) atoms. The normalized spacial score (nSPS) is 10.2. The van der Waals surface area contributed by atoms with Gasteiger partial charge in [-0.3, -0.25) is 0 Å². The van der Waals surface area contributed by atoms with Crippen molar-refractivity contribution in [2.45, 2.75) is 18.9 Å². The van der Waals surface area contributed by atoms with Crippen molar-refractivity contribution in [1.29, 1.82) is 0 Å². The van der Waals surface area contributed by atoms with Crippen LogP contribution in [0.1, 0.15) is 18.1 Å². The van der Waals surface area contributed by atoms with Crippen LogP contribution >= 0.6 is 15.9 Å². The molecule has 0 aromatic heterocycles. The highest BCUT2D eigenvalue weighted by molar-refractivity contribution is 9.08. The molecule has 0 spiro atoms. The number of alkyl halides is 1. The Balaban J connectivity index is 2.11. The zero-order valence-electron chi connectivity index (χ0n) is 12.3. The summed E-state index contributed by atoms with van der Waals surface area (Å²) in [6.45, 7) is 3.05. The van der Waals surface area contributed by atoms with E-state index in [4.69, 9.17) is 14.2 Å². The Labute approximate surface area is 134 Å². The lowest BCUT2D eigenvalue weighted by Crippen LogP contribution is -2.00. The summed E-state index contributed by atoms with van der Waals surface area (Å²) in [6, 6.07) is 13.8. The van der Waals surface area contributed by atoms with E-state index in [2.05, 4.69) is 15.9 Å². The van der Waals surface area contributed by atoms with E-state index in [0.717, 1.165) is 33.7 Å². The van der Waals surface area contributed by atoms with Crippen LogP contribution in [0, 0.1) is 0 Å². The number of hydrogen-bond donors (Lipinski definition) is 0. The second-order valence-corrected chi connectivity index (χ2v) is 5.05. The van der Waals surface area contributed by atoms with Crippen LogP contribution in [0.3, 0.4) is 0 Å². The number of ether oxygens (including phenoxy) is 3. The lowest BCUT2D eigenvalue weighted by atomic mass is 10.2. The van der Waals surface area contributed by atoms with Crippen LogP contribution in [-0.4, -0.2) is 13.7 Å². The molecular weight excluding hydrogens is 332 g/mol. The van der Waals surface area contributed by atoms with Gasteiger partial charge in [0, 0.05) is 5.33 Å². The Kier molecular flexibility index (Phi) is 5.93. The molecule has 0 aliphatic rings. The van der Waals surface area contributed by atoms with Gasteiger partial charge in [-0.1, -0.05) is 34.1 Å². The highest BCUT2D eigenvalue weighted by atomic mass is 79.9. The van der Waals surface area contributed by atoms with Gasteiger partial charge in [0.15, 0.2) is 11.5 Å². The van der Waals surface area contributed by atoms with Crippen LogP contribution in [0.2, 0.25) is 0 Å². The van der Waals surface area contributed by atoms with Crippen molar-refractivity contribution < 1.29 is 14.2 Å². The molecular formula is C17H19BrO3. The summed E-state index contributed by atoms with van der Waals surface area (Å²) < 4.78 is 16.7. The first kappa shape index (κ1) is 15.7. The maximum atomic E-state index is 5.88. The molecule has 0 heterocycles. The Morgan fingerprint density at radius 3 is 2.52 bits per heavy atom. The summed E-state index contributed by atoms with van der Waals surface area (Å²) in [6.07, 6.45) is 0. The van der Waals surface area contributed by atoms with Crippen molar-refractivity contribution in [1.82, 2.24) is 0 Å². The Hall–Kier alpha value is -1.68. The first-order chi connectivity index (χ1) is 10.3. The van der Waals surface area contributed by atoms with Crippen LogP contribution < -0.4 is 14.2 Å². The van der Waals surface area contributed by atoms with Crippen LogP contribution in [0.15, 0.2) is 42.5 Å². The molecule has 0 N–H and O–H groups in total. The second kappa shape index (κ2) is 7.93. The number of methoxy groups -OCH3 is 1.